The summed E-state index contributed by atoms with van der Waals surface area (Å²) in [7, 11) is 1.77. The van der Waals surface area contributed by atoms with Crippen LogP contribution in [0.5, 0.6) is 0 Å². The standard InChI is InChI=1S/C8H17N5/c1-6(4-7(2)9)5-8-10-12-13(3)11-8/h6-7H,4-5,9H2,1-3H3. The molecular formula is C8H17N5. The Bertz CT molecular complexity index is 255. The van der Waals surface area contributed by atoms with E-state index in [1.54, 1.807) is 7.05 Å². The van der Waals surface area contributed by atoms with E-state index in [1.165, 1.54) is 4.80 Å². The molecule has 2 atom stereocenters. The molecule has 0 amide bonds. The SMILES string of the molecule is CC(N)CC(C)Cc1nnn(C)n1. The summed E-state index contributed by atoms with van der Waals surface area (Å²) in [5.74, 6) is 1.32. The van der Waals surface area contributed by atoms with Gasteiger partial charge in [-0.1, -0.05) is 6.92 Å². The molecule has 5 heteroatoms. The minimum absolute atomic E-state index is 0.242. The van der Waals surface area contributed by atoms with Gasteiger partial charge in [0.25, 0.3) is 0 Å². The molecule has 0 aliphatic carbocycles. The molecule has 13 heavy (non-hydrogen) atoms. The zero-order valence-electron chi connectivity index (χ0n) is 8.44. The van der Waals surface area contributed by atoms with Crippen molar-refractivity contribution in [1.82, 2.24) is 20.2 Å². The van der Waals surface area contributed by atoms with Gasteiger partial charge in [-0.2, -0.15) is 4.80 Å². The molecule has 0 saturated heterocycles. The first-order chi connectivity index (χ1) is 6.08. The zero-order valence-corrected chi connectivity index (χ0v) is 8.44. The van der Waals surface area contributed by atoms with Crippen LogP contribution in [-0.2, 0) is 13.5 Å². The van der Waals surface area contributed by atoms with Gasteiger partial charge >= 0.3 is 0 Å². The Kier molecular flexibility index (Phi) is 3.36. The molecule has 1 aromatic rings. The number of hydrogen-bond acceptors (Lipinski definition) is 4. The number of nitrogens with zero attached hydrogens (tertiary/aromatic N) is 4. The van der Waals surface area contributed by atoms with Gasteiger partial charge in [-0.05, 0) is 24.5 Å². The van der Waals surface area contributed by atoms with Crippen LogP contribution in [-0.4, -0.2) is 26.2 Å². The third-order valence-electron chi connectivity index (χ3n) is 1.85. The van der Waals surface area contributed by atoms with E-state index in [-0.39, 0.29) is 6.04 Å². The fourth-order valence-electron chi connectivity index (χ4n) is 1.43. The van der Waals surface area contributed by atoms with Crippen molar-refractivity contribution in [3.05, 3.63) is 5.82 Å². The van der Waals surface area contributed by atoms with Gasteiger partial charge < -0.3 is 5.73 Å². The van der Waals surface area contributed by atoms with Crippen molar-refractivity contribution >= 4 is 0 Å². The van der Waals surface area contributed by atoms with Crippen molar-refractivity contribution in [2.24, 2.45) is 18.7 Å². The van der Waals surface area contributed by atoms with E-state index in [0.717, 1.165) is 18.7 Å². The second-order valence-corrected chi connectivity index (χ2v) is 3.72. The molecule has 0 fully saturated rings. The Hall–Kier alpha value is -0.970. The first-order valence-corrected chi connectivity index (χ1v) is 4.56. The fraction of sp³-hybridized carbons (Fsp3) is 0.875. The average molecular weight is 183 g/mol. The van der Waals surface area contributed by atoms with Gasteiger partial charge in [0.1, 0.15) is 0 Å². The lowest BCUT2D eigenvalue weighted by Crippen LogP contribution is -2.19. The highest BCUT2D eigenvalue weighted by Crippen LogP contribution is 2.08. The lowest BCUT2D eigenvalue weighted by molar-refractivity contribution is 0.469. The quantitative estimate of drug-likeness (QED) is 0.720. The third kappa shape index (κ3) is 3.50. The summed E-state index contributed by atoms with van der Waals surface area (Å²) in [5, 5.41) is 11.8. The summed E-state index contributed by atoms with van der Waals surface area (Å²) in [6.45, 7) is 4.17. The van der Waals surface area contributed by atoms with Gasteiger partial charge in [0.05, 0.1) is 7.05 Å². The smallest absolute Gasteiger partial charge is 0.175 e. The Morgan fingerprint density at radius 3 is 2.62 bits per heavy atom. The monoisotopic (exact) mass is 183 g/mol. The number of hydrogen-bond donors (Lipinski definition) is 1. The van der Waals surface area contributed by atoms with Crippen LogP contribution >= 0.6 is 0 Å². The molecule has 1 rings (SSSR count). The molecule has 0 radical (unpaired) electrons. The first kappa shape index (κ1) is 10.1. The van der Waals surface area contributed by atoms with Gasteiger partial charge in [-0.15, -0.1) is 10.2 Å². The molecule has 2 unspecified atom stereocenters. The average Bonchev–Trinajstić information content (AvgIpc) is 2.33. The summed E-state index contributed by atoms with van der Waals surface area (Å²) in [5.41, 5.74) is 5.69. The summed E-state index contributed by atoms with van der Waals surface area (Å²) < 4.78 is 0. The maximum absolute atomic E-state index is 5.69. The minimum atomic E-state index is 0.242. The molecule has 74 valence electrons. The van der Waals surface area contributed by atoms with Crippen molar-refractivity contribution in [2.45, 2.75) is 32.7 Å². The third-order valence-corrected chi connectivity index (χ3v) is 1.85. The topological polar surface area (TPSA) is 69.6 Å². The molecule has 0 aliphatic rings. The highest BCUT2D eigenvalue weighted by molar-refractivity contribution is 4.80. The van der Waals surface area contributed by atoms with Crippen LogP contribution in [0.4, 0.5) is 0 Å². The molecule has 1 heterocycles. The highest BCUT2D eigenvalue weighted by atomic mass is 15.6. The van der Waals surface area contributed by atoms with Crippen molar-refractivity contribution < 1.29 is 0 Å². The van der Waals surface area contributed by atoms with Gasteiger partial charge in [0.15, 0.2) is 5.82 Å². The van der Waals surface area contributed by atoms with Crippen molar-refractivity contribution in [2.75, 3.05) is 0 Å². The Balaban J connectivity index is 2.40. The molecule has 0 aliphatic heterocycles. The normalized spacial score (nSPS) is 15.7. The molecule has 0 bridgehead atoms. The van der Waals surface area contributed by atoms with Crippen LogP contribution in [0.3, 0.4) is 0 Å². The first-order valence-electron chi connectivity index (χ1n) is 4.56. The summed E-state index contributed by atoms with van der Waals surface area (Å²) >= 11 is 0. The summed E-state index contributed by atoms with van der Waals surface area (Å²) in [6, 6.07) is 0.242. The van der Waals surface area contributed by atoms with Gasteiger partial charge in [-0.25, -0.2) is 0 Å². The predicted octanol–water partition coefficient (Wildman–Crippen LogP) is 0.126. The van der Waals surface area contributed by atoms with Gasteiger partial charge in [-0.3, -0.25) is 0 Å². The van der Waals surface area contributed by atoms with Crippen LogP contribution < -0.4 is 5.73 Å². The highest BCUT2D eigenvalue weighted by Gasteiger charge is 2.09. The van der Waals surface area contributed by atoms with E-state index in [9.17, 15) is 0 Å². The lowest BCUT2D eigenvalue weighted by atomic mass is 10.00. The van der Waals surface area contributed by atoms with Gasteiger partial charge in [0, 0.05) is 12.5 Å². The van der Waals surface area contributed by atoms with E-state index in [4.69, 9.17) is 5.73 Å². The van der Waals surface area contributed by atoms with Crippen LogP contribution in [0.15, 0.2) is 0 Å². The van der Waals surface area contributed by atoms with E-state index < -0.39 is 0 Å². The van der Waals surface area contributed by atoms with Crippen molar-refractivity contribution in [3.8, 4) is 0 Å². The number of tetrazole rings is 1. The number of nitrogens with two attached hydrogens (primary N) is 1. The number of aryl methyl sites for hydroxylation is 1. The summed E-state index contributed by atoms with van der Waals surface area (Å²) in [4.78, 5) is 1.48. The van der Waals surface area contributed by atoms with Crippen molar-refractivity contribution in [1.29, 1.82) is 0 Å². The number of rotatable bonds is 4. The zero-order chi connectivity index (χ0) is 9.84. The maximum Gasteiger partial charge on any atom is 0.175 e. The van der Waals surface area contributed by atoms with Crippen LogP contribution in [0.2, 0.25) is 0 Å². The summed E-state index contributed by atoms with van der Waals surface area (Å²) in [6.07, 6.45) is 1.85. The van der Waals surface area contributed by atoms with E-state index >= 15 is 0 Å². The Labute approximate surface area is 78.3 Å². The van der Waals surface area contributed by atoms with E-state index in [1.807, 2.05) is 6.92 Å². The second kappa shape index (κ2) is 4.32. The minimum Gasteiger partial charge on any atom is -0.328 e. The van der Waals surface area contributed by atoms with E-state index in [2.05, 4.69) is 22.3 Å². The molecule has 2 N–H and O–H groups in total. The lowest BCUT2D eigenvalue weighted by Gasteiger charge is -2.10. The van der Waals surface area contributed by atoms with Crippen molar-refractivity contribution in [3.63, 3.8) is 0 Å². The Morgan fingerprint density at radius 2 is 2.15 bits per heavy atom. The predicted molar refractivity (Wildman–Crippen MR) is 49.9 cm³/mol. The van der Waals surface area contributed by atoms with Crippen LogP contribution in [0, 0.1) is 5.92 Å². The largest absolute Gasteiger partial charge is 0.328 e. The second-order valence-electron chi connectivity index (χ2n) is 3.72. The Morgan fingerprint density at radius 1 is 1.46 bits per heavy atom. The molecule has 1 aromatic heterocycles. The maximum atomic E-state index is 5.69. The van der Waals surface area contributed by atoms with Crippen LogP contribution in [0.25, 0.3) is 0 Å². The molecule has 0 aromatic carbocycles. The van der Waals surface area contributed by atoms with Gasteiger partial charge in [0.2, 0.25) is 0 Å². The molecule has 5 nitrogen and oxygen atoms in total. The van der Waals surface area contributed by atoms with Crippen LogP contribution in [0.1, 0.15) is 26.1 Å². The molecule has 0 spiro atoms. The van der Waals surface area contributed by atoms with E-state index in [0.29, 0.717) is 5.92 Å². The number of aromatic nitrogens is 4. The fourth-order valence-corrected chi connectivity index (χ4v) is 1.43. The molecule has 0 saturated carbocycles. The molecular weight excluding hydrogens is 166 g/mol.